The molecule has 2 amide bonds. The Morgan fingerprint density at radius 1 is 1.35 bits per heavy atom. The molecule has 0 unspecified atom stereocenters. The summed E-state index contributed by atoms with van der Waals surface area (Å²) in [4.78, 5) is 27.6. The average Bonchev–Trinajstić information content (AvgIpc) is 2.53. The Morgan fingerprint density at radius 3 is 2.53 bits per heavy atom. The molecular formula is C9H12N2O4S2. The molecule has 0 N–H and O–H groups in total. The van der Waals surface area contributed by atoms with Gasteiger partial charge in [0.2, 0.25) is 11.8 Å². The van der Waals surface area contributed by atoms with Crippen LogP contribution in [0.1, 0.15) is 13.8 Å². The van der Waals surface area contributed by atoms with Gasteiger partial charge in [-0.1, -0.05) is 11.8 Å². The van der Waals surface area contributed by atoms with Crippen molar-refractivity contribution >= 4 is 38.6 Å². The summed E-state index contributed by atoms with van der Waals surface area (Å²) in [6.45, 7) is 2.65. The predicted molar refractivity (Wildman–Crippen MR) is 64.5 cm³/mol. The van der Waals surface area contributed by atoms with Gasteiger partial charge in [-0.25, -0.2) is 8.42 Å². The van der Waals surface area contributed by atoms with Gasteiger partial charge in [0.05, 0.1) is 17.5 Å². The Balaban J connectivity index is 2.34. The number of hydrogen-bond donors (Lipinski definition) is 0. The van der Waals surface area contributed by atoms with Crippen molar-refractivity contribution in [1.82, 2.24) is 4.90 Å². The highest BCUT2D eigenvalue weighted by Crippen LogP contribution is 2.38. The quantitative estimate of drug-likeness (QED) is 0.604. The molecule has 2 fully saturated rings. The van der Waals surface area contributed by atoms with Crippen molar-refractivity contribution in [1.29, 1.82) is 0 Å². The molecular weight excluding hydrogens is 264 g/mol. The predicted octanol–water partition coefficient (Wildman–Crippen LogP) is -0.350. The molecule has 94 valence electrons. The molecule has 0 aromatic rings. The lowest BCUT2D eigenvalue weighted by Crippen LogP contribution is -2.40. The van der Waals surface area contributed by atoms with E-state index in [-0.39, 0.29) is 34.6 Å². The number of nitrogens with zero attached hydrogens (tertiary/aromatic N) is 2. The van der Waals surface area contributed by atoms with E-state index in [0.29, 0.717) is 5.17 Å². The van der Waals surface area contributed by atoms with E-state index >= 15 is 0 Å². The van der Waals surface area contributed by atoms with Crippen LogP contribution >= 0.6 is 11.8 Å². The molecule has 0 saturated carbocycles. The topological polar surface area (TPSA) is 83.9 Å². The Morgan fingerprint density at radius 2 is 2.00 bits per heavy atom. The number of sulfone groups is 1. The van der Waals surface area contributed by atoms with Gasteiger partial charge in [0.15, 0.2) is 15.0 Å². The van der Waals surface area contributed by atoms with Crippen molar-refractivity contribution in [2.24, 2.45) is 4.99 Å². The summed E-state index contributed by atoms with van der Waals surface area (Å²) in [5, 5.41) is 0.136. The highest BCUT2D eigenvalue weighted by Gasteiger charge is 2.50. The fourth-order valence-corrected chi connectivity index (χ4v) is 6.05. The monoisotopic (exact) mass is 276 g/mol. The van der Waals surface area contributed by atoms with Gasteiger partial charge in [0.1, 0.15) is 0 Å². The third-order valence-electron chi connectivity index (χ3n) is 2.66. The summed E-state index contributed by atoms with van der Waals surface area (Å²) in [5.74, 6) is -0.659. The van der Waals surface area contributed by atoms with E-state index in [1.807, 2.05) is 0 Å². The Labute approximate surface area is 103 Å². The first-order valence-corrected chi connectivity index (χ1v) is 7.76. The molecule has 2 aliphatic rings. The number of fused-ring (bicyclic) bond motifs is 1. The van der Waals surface area contributed by atoms with Crippen LogP contribution in [0.5, 0.6) is 0 Å². The van der Waals surface area contributed by atoms with E-state index in [0.717, 1.165) is 0 Å². The van der Waals surface area contributed by atoms with Crippen LogP contribution in [0.4, 0.5) is 0 Å². The van der Waals surface area contributed by atoms with Gasteiger partial charge in [-0.05, 0) is 0 Å². The minimum Gasteiger partial charge on any atom is -0.286 e. The maximum atomic E-state index is 11.5. The maximum absolute atomic E-state index is 11.5. The Bertz CT molecular complexity index is 511. The summed E-state index contributed by atoms with van der Waals surface area (Å²) in [6, 6.07) is -0.374. The van der Waals surface area contributed by atoms with E-state index in [9.17, 15) is 18.0 Å². The average molecular weight is 276 g/mol. The van der Waals surface area contributed by atoms with Crippen LogP contribution in [0.3, 0.4) is 0 Å². The molecule has 2 atom stereocenters. The molecule has 2 rings (SSSR count). The van der Waals surface area contributed by atoms with E-state index < -0.39 is 9.84 Å². The number of aliphatic imine (C=N–C) groups is 1. The van der Waals surface area contributed by atoms with E-state index in [4.69, 9.17) is 0 Å². The summed E-state index contributed by atoms with van der Waals surface area (Å²) in [5.41, 5.74) is 0. The number of amides is 2. The molecule has 8 heteroatoms. The molecule has 0 spiro atoms. The molecule has 0 aromatic carbocycles. The Kier molecular flexibility index (Phi) is 3.03. The lowest BCUT2D eigenvalue weighted by Gasteiger charge is -2.19. The highest BCUT2D eigenvalue weighted by atomic mass is 32.2. The zero-order valence-corrected chi connectivity index (χ0v) is 11.0. The number of hydrogen-bond acceptors (Lipinski definition) is 5. The minimum atomic E-state index is -3.08. The summed E-state index contributed by atoms with van der Waals surface area (Å²) in [6.07, 6.45) is 0. The summed E-state index contributed by atoms with van der Waals surface area (Å²) >= 11 is 1.20. The Hall–Kier alpha value is -0.890. The molecule has 2 saturated heterocycles. The van der Waals surface area contributed by atoms with Crippen molar-refractivity contribution in [3.8, 4) is 0 Å². The molecule has 0 aromatic heterocycles. The van der Waals surface area contributed by atoms with Crippen LogP contribution in [0, 0.1) is 0 Å². The SMILES string of the molecule is CC(=O)N=C1S[C@H]2CS(=O)(=O)C[C@@H]2N1C(C)=O. The minimum absolute atomic E-state index is 0.0405. The third-order valence-corrected chi connectivity index (χ3v) is 5.87. The van der Waals surface area contributed by atoms with E-state index in [1.165, 1.54) is 30.5 Å². The van der Waals surface area contributed by atoms with E-state index in [1.54, 1.807) is 0 Å². The molecule has 0 aliphatic carbocycles. The van der Waals surface area contributed by atoms with Crippen LogP contribution in [-0.2, 0) is 19.4 Å². The third kappa shape index (κ3) is 2.37. The summed E-state index contributed by atoms with van der Waals surface area (Å²) in [7, 11) is -3.08. The van der Waals surface area contributed by atoms with Crippen LogP contribution < -0.4 is 0 Å². The molecule has 0 bridgehead atoms. The second-order valence-electron chi connectivity index (χ2n) is 4.10. The van der Waals surface area contributed by atoms with Gasteiger partial charge in [-0.3, -0.25) is 14.5 Å². The van der Waals surface area contributed by atoms with Crippen molar-refractivity contribution in [2.75, 3.05) is 11.5 Å². The zero-order chi connectivity index (χ0) is 12.8. The zero-order valence-electron chi connectivity index (χ0n) is 9.41. The standard InChI is InChI=1S/C9H12N2O4S2/c1-5(12)10-9-11(6(2)13)7-3-17(14,15)4-8(7)16-9/h7-8H,3-4H2,1-2H3/t7-,8-/m0/s1. The lowest BCUT2D eigenvalue weighted by atomic mass is 10.2. The highest BCUT2D eigenvalue weighted by molar-refractivity contribution is 8.15. The van der Waals surface area contributed by atoms with Gasteiger partial charge in [-0.15, -0.1) is 0 Å². The number of amidine groups is 1. The lowest BCUT2D eigenvalue weighted by molar-refractivity contribution is -0.125. The van der Waals surface area contributed by atoms with Gasteiger partial charge >= 0.3 is 0 Å². The first kappa shape index (κ1) is 12.6. The van der Waals surface area contributed by atoms with E-state index in [2.05, 4.69) is 4.99 Å². The fraction of sp³-hybridized carbons (Fsp3) is 0.667. The van der Waals surface area contributed by atoms with Crippen molar-refractivity contribution in [3.05, 3.63) is 0 Å². The second kappa shape index (κ2) is 4.09. The smallest absolute Gasteiger partial charge is 0.244 e. The number of rotatable bonds is 0. The number of carbonyl (C=O) groups excluding carboxylic acids is 2. The van der Waals surface area contributed by atoms with Crippen molar-refractivity contribution < 1.29 is 18.0 Å². The van der Waals surface area contributed by atoms with Crippen LogP contribution in [0.15, 0.2) is 4.99 Å². The molecule has 17 heavy (non-hydrogen) atoms. The van der Waals surface area contributed by atoms with Gasteiger partial charge in [-0.2, -0.15) is 4.99 Å². The number of thioether (sulfide) groups is 1. The largest absolute Gasteiger partial charge is 0.286 e. The molecule has 2 heterocycles. The van der Waals surface area contributed by atoms with Crippen LogP contribution in [0.25, 0.3) is 0 Å². The van der Waals surface area contributed by atoms with Gasteiger partial charge in [0.25, 0.3) is 0 Å². The van der Waals surface area contributed by atoms with Gasteiger partial charge < -0.3 is 0 Å². The first-order valence-electron chi connectivity index (χ1n) is 5.06. The molecule has 2 aliphatic heterocycles. The molecule has 0 radical (unpaired) electrons. The first-order chi connectivity index (χ1) is 7.80. The second-order valence-corrected chi connectivity index (χ2v) is 7.46. The normalized spacial score (nSPS) is 32.8. The summed E-state index contributed by atoms with van der Waals surface area (Å²) < 4.78 is 23.0. The fourth-order valence-electron chi connectivity index (χ4n) is 2.07. The van der Waals surface area contributed by atoms with Crippen molar-refractivity contribution in [3.63, 3.8) is 0 Å². The van der Waals surface area contributed by atoms with Crippen LogP contribution in [0.2, 0.25) is 0 Å². The van der Waals surface area contributed by atoms with Crippen molar-refractivity contribution in [2.45, 2.75) is 25.1 Å². The van der Waals surface area contributed by atoms with Crippen LogP contribution in [-0.4, -0.2) is 53.1 Å². The number of carbonyl (C=O) groups is 2. The van der Waals surface area contributed by atoms with Gasteiger partial charge in [0, 0.05) is 19.1 Å². The molecule has 6 nitrogen and oxygen atoms in total. The maximum Gasteiger partial charge on any atom is 0.244 e.